The van der Waals surface area contributed by atoms with Crippen molar-refractivity contribution >= 4 is 0 Å². The van der Waals surface area contributed by atoms with Crippen LogP contribution in [0, 0.1) is 12.7 Å². The van der Waals surface area contributed by atoms with Crippen LogP contribution < -0.4 is 0 Å². The zero-order valence-corrected chi connectivity index (χ0v) is 2.91. The molecule has 0 fully saturated rings. The Morgan fingerprint density at radius 1 is 1.00 bits per heavy atom. The highest BCUT2D eigenvalue weighted by atomic mass is 19.1. The average Bonchev–Trinajstić information content (AvgIpc) is 1.61. The van der Waals surface area contributed by atoms with Gasteiger partial charge in [-0.3, -0.25) is 0 Å². The molecule has 0 aromatic heterocycles. The van der Waals surface area contributed by atoms with E-state index in [-0.39, 0.29) is 0 Å². The van der Waals surface area contributed by atoms with Crippen LogP contribution in [0.5, 0.6) is 0 Å². The quantitative estimate of drug-likeness (QED) is 0.426. The Bertz CT molecular complexity index is 53.9. The molecule has 0 atom stereocenters. The van der Waals surface area contributed by atoms with Gasteiger partial charge in [-0.25, -0.2) is 8.78 Å². The number of hydrogen-bond acceptors (Lipinski definition) is 0. The molecule has 0 amide bonds. The Hall–Kier alpha value is -0.660. The highest BCUT2D eigenvalue weighted by molar-refractivity contribution is 4.88. The van der Waals surface area contributed by atoms with E-state index in [1.807, 2.05) is 0 Å². The first-order valence-corrected chi connectivity index (χ1v) is 1.29. The standard InChI is InChI=1S/C4H2F2/c5-3-1-2-4-6/h1-2H. The molecule has 0 heterocycles. The number of rotatable bonds is 1. The molecule has 0 N–H and O–H groups in total. The van der Waals surface area contributed by atoms with E-state index in [9.17, 15) is 8.78 Å². The van der Waals surface area contributed by atoms with E-state index in [1.54, 1.807) is 0 Å². The van der Waals surface area contributed by atoms with Crippen molar-refractivity contribution in [3.8, 4) is 0 Å². The molecule has 0 nitrogen and oxygen atoms in total. The molecule has 0 aromatic rings. The molecule has 0 aliphatic heterocycles. The SMILES string of the molecule is F[C]=CC=[C]F. The van der Waals surface area contributed by atoms with Crippen molar-refractivity contribution in [1.82, 2.24) is 0 Å². The summed E-state index contributed by atoms with van der Waals surface area (Å²) in [6.45, 7) is 0. The molecule has 0 unspecified atom stereocenters. The largest absolute Gasteiger partial charge is 0.204 e. The number of halogens is 2. The second kappa shape index (κ2) is 4.34. The first-order valence-electron chi connectivity index (χ1n) is 1.29. The molecular weight excluding hydrogens is 86.0 g/mol. The summed E-state index contributed by atoms with van der Waals surface area (Å²) in [4.78, 5) is 0. The lowest BCUT2D eigenvalue weighted by atomic mass is 10.6. The molecule has 2 radical (unpaired) electrons. The van der Waals surface area contributed by atoms with E-state index >= 15 is 0 Å². The summed E-state index contributed by atoms with van der Waals surface area (Å²) in [6, 6.07) is 0. The average molecular weight is 88.1 g/mol. The molecule has 0 aliphatic rings. The van der Waals surface area contributed by atoms with Crippen molar-refractivity contribution in [2.45, 2.75) is 0 Å². The first-order chi connectivity index (χ1) is 2.91. The van der Waals surface area contributed by atoms with Crippen LogP contribution in [0.3, 0.4) is 0 Å². The molecule has 0 aromatic carbocycles. The summed E-state index contributed by atoms with van der Waals surface area (Å²) in [5.41, 5.74) is 0. The molecule has 0 bridgehead atoms. The minimum absolute atomic E-state index is 0.778. The van der Waals surface area contributed by atoms with Crippen LogP contribution in [-0.2, 0) is 0 Å². The van der Waals surface area contributed by atoms with E-state index in [4.69, 9.17) is 0 Å². The Balaban J connectivity index is 3.07. The maximum absolute atomic E-state index is 10.6. The van der Waals surface area contributed by atoms with Gasteiger partial charge in [-0.05, 0) is 12.2 Å². The van der Waals surface area contributed by atoms with Crippen molar-refractivity contribution in [3.63, 3.8) is 0 Å². The third-order valence-corrected chi connectivity index (χ3v) is 0.209. The van der Waals surface area contributed by atoms with Gasteiger partial charge < -0.3 is 0 Å². The fourth-order valence-corrected chi connectivity index (χ4v) is 0.0630. The van der Waals surface area contributed by atoms with Gasteiger partial charge in [0, 0.05) is 0 Å². The normalized spacial score (nSPS) is 11.7. The van der Waals surface area contributed by atoms with E-state index in [2.05, 4.69) is 0 Å². The smallest absolute Gasteiger partial charge is 0.158 e. The van der Waals surface area contributed by atoms with Gasteiger partial charge in [0.05, 0.1) is 0 Å². The van der Waals surface area contributed by atoms with Crippen molar-refractivity contribution in [2.75, 3.05) is 0 Å². The van der Waals surface area contributed by atoms with E-state index < -0.39 is 0 Å². The Labute approximate surface area is 34.8 Å². The molecule has 0 spiro atoms. The van der Waals surface area contributed by atoms with Crippen molar-refractivity contribution in [2.24, 2.45) is 0 Å². The maximum Gasteiger partial charge on any atom is 0.158 e. The summed E-state index contributed by atoms with van der Waals surface area (Å²) in [5.74, 6) is 0. The minimum atomic E-state index is 0.778. The van der Waals surface area contributed by atoms with Gasteiger partial charge >= 0.3 is 0 Å². The third kappa shape index (κ3) is 3.34. The van der Waals surface area contributed by atoms with E-state index in [0.29, 0.717) is 0 Å². The summed E-state index contributed by atoms with van der Waals surface area (Å²) < 4.78 is 21.3. The molecule has 32 valence electrons. The van der Waals surface area contributed by atoms with Gasteiger partial charge in [0.15, 0.2) is 12.7 Å². The van der Waals surface area contributed by atoms with Crippen LogP contribution in [0.15, 0.2) is 12.2 Å². The highest BCUT2D eigenvalue weighted by Crippen LogP contribution is 1.73. The predicted molar refractivity (Wildman–Crippen MR) is 17.8 cm³/mol. The molecule has 0 saturated heterocycles. The van der Waals surface area contributed by atoms with Crippen LogP contribution in [0.1, 0.15) is 0 Å². The zero-order valence-electron chi connectivity index (χ0n) is 2.91. The van der Waals surface area contributed by atoms with E-state index in [0.717, 1.165) is 24.8 Å². The zero-order chi connectivity index (χ0) is 4.83. The fraction of sp³-hybridized carbons (Fsp3) is 0. The van der Waals surface area contributed by atoms with Gasteiger partial charge in [-0.15, -0.1) is 0 Å². The molecular formula is C4H2F2. The Kier molecular flexibility index (Phi) is 3.86. The van der Waals surface area contributed by atoms with Gasteiger partial charge in [-0.1, -0.05) is 0 Å². The Morgan fingerprint density at radius 2 is 1.33 bits per heavy atom. The molecule has 6 heavy (non-hydrogen) atoms. The van der Waals surface area contributed by atoms with Crippen molar-refractivity contribution < 1.29 is 8.78 Å². The summed E-state index contributed by atoms with van der Waals surface area (Å²) in [6.07, 6.45) is 3.73. The third-order valence-electron chi connectivity index (χ3n) is 0.209. The van der Waals surface area contributed by atoms with Gasteiger partial charge in [0.25, 0.3) is 0 Å². The second-order valence-corrected chi connectivity index (χ2v) is 0.552. The monoisotopic (exact) mass is 88.0 g/mol. The van der Waals surface area contributed by atoms with Crippen LogP contribution in [0.2, 0.25) is 0 Å². The number of hydrogen-bond donors (Lipinski definition) is 0. The molecule has 0 aliphatic carbocycles. The highest BCUT2D eigenvalue weighted by Gasteiger charge is 1.57. The maximum atomic E-state index is 10.6. The second-order valence-electron chi connectivity index (χ2n) is 0.552. The summed E-state index contributed by atoms with van der Waals surface area (Å²) in [5, 5.41) is 0. The van der Waals surface area contributed by atoms with E-state index in [1.165, 1.54) is 0 Å². The number of allylic oxidation sites excluding steroid dienone is 2. The van der Waals surface area contributed by atoms with Gasteiger partial charge in [0.1, 0.15) is 0 Å². The lowest BCUT2D eigenvalue weighted by Gasteiger charge is -1.54. The lowest BCUT2D eigenvalue weighted by molar-refractivity contribution is 0.673. The minimum Gasteiger partial charge on any atom is -0.204 e. The lowest BCUT2D eigenvalue weighted by Crippen LogP contribution is -1.39. The van der Waals surface area contributed by atoms with Crippen LogP contribution >= 0.6 is 0 Å². The van der Waals surface area contributed by atoms with Crippen molar-refractivity contribution in [3.05, 3.63) is 24.8 Å². The van der Waals surface area contributed by atoms with Gasteiger partial charge in [-0.2, -0.15) is 0 Å². The van der Waals surface area contributed by atoms with Crippen LogP contribution in [0.4, 0.5) is 8.78 Å². The van der Waals surface area contributed by atoms with Gasteiger partial charge in [0.2, 0.25) is 0 Å². The summed E-state index contributed by atoms with van der Waals surface area (Å²) >= 11 is 0. The van der Waals surface area contributed by atoms with Crippen LogP contribution in [-0.4, -0.2) is 0 Å². The summed E-state index contributed by atoms with van der Waals surface area (Å²) in [7, 11) is 0. The van der Waals surface area contributed by atoms with Crippen molar-refractivity contribution in [1.29, 1.82) is 0 Å². The molecule has 0 rings (SSSR count). The molecule has 0 saturated carbocycles. The first kappa shape index (κ1) is 5.34. The topological polar surface area (TPSA) is 0 Å². The fourth-order valence-electron chi connectivity index (χ4n) is 0.0630. The predicted octanol–water partition coefficient (Wildman–Crippen LogP) is 1.56. The Morgan fingerprint density at radius 3 is 1.50 bits per heavy atom. The molecule has 2 heteroatoms. The van der Waals surface area contributed by atoms with Crippen LogP contribution in [0.25, 0.3) is 0 Å².